The fourth-order valence-electron chi connectivity index (χ4n) is 3.04. The van der Waals surface area contributed by atoms with Crippen LogP contribution in [-0.4, -0.2) is 48.1 Å². The van der Waals surface area contributed by atoms with Gasteiger partial charge in [0.1, 0.15) is 0 Å². The van der Waals surface area contributed by atoms with E-state index >= 15 is 0 Å². The normalized spacial score (nSPS) is 37.1. The van der Waals surface area contributed by atoms with E-state index in [1.165, 1.54) is 38.9 Å². The Hall–Kier alpha value is 0.270. The molecule has 1 saturated heterocycles. The molecule has 0 bridgehead atoms. The van der Waals surface area contributed by atoms with E-state index < -0.39 is 0 Å². The Morgan fingerprint density at radius 2 is 2.12 bits per heavy atom. The van der Waals surface area contributed by atoms with Crippen molar-refractivity contribution in [1.82, 2.24) is 10.2 Å². The lowest BCUT2D eigenvalue weighted by atomic mass is 10.0. The molecule has 2 nitrogen and oxygen atoms in total. The number of nitrogens with zero attached hydrogens (tertiary/aromatic N) is 1. The standard InChI is InChI=1S/C13H26N2S/c1-10(2)13-9-15(7-6-14-13)11-4-5-12(8-11)16-3/h10-14H,4-9H2,1-3H3. The summed E-state index contributed by atoms with van der Waals surface area (Å²) in [5.74, 6) is 0.764. The molecule has 1 saturated carbocycles. The van der Waals surface area contributed by atoms with E-state index in [1.54, 1.807) is 0 Å². The molecule has 3 unspecified atom stereocenters. The van der Waals surface area contributed by atoms with Crippen molar-refractivity contribution in [3.05, 3.63) is 0 Å². The maximum atomic E-state index is 3.65. The van der Waals surface area contributed by atoms with E-state index in [-0.39, 0.29) is 0 Å². The molecule has 2 fully saturated rings. The first-order chi connectivity index (χ1) is 7.70. The minimum atomic E-state index is 0.710. The van der Waals surface area contributed by atoms with Gasteiger partial charge in [0.15, 0.2) is 0 Å². The van der Waals surface area contributed by atoms with Crippen molar-refractivity contribution in [2.45, 2.75) is 50.4 Å². The van der Waals surface area contributed by atoms with Crippen LogP contribution in [0.25, 0.3) is 0 Å². The number of rotatable bonds is 3. The molecule has 0 aromatic heterocycles. The van der Waals surface area contributed by atoms with Gasteiger partial charge in [-0.1, -0.05) is 13.8 Å². The molecule has 0 radical (unpaired) electrons. The Morgan fingerprint density at radius 3 is 2.75 bits per heavy atom. The van der Waals surface area contributed by atoms with Crippen LogP contribution >= 0.6 is 11.8 Å². The van der Waals surface area contributed by atoms with Crippen LogP contribution in [0.2, 0.25) is 0 Å². The Balaban J connectivity index is 1.85. The second-order valence-electron chi connectivity index (χ2n) is 5.62. The number of hydrogen-bond donors (Lipinski definition) is 1. The zero-order chi connectivity index (χ0) is 11.5. The topological polar surface area (TPSA) is 15.3 Å². The lowest BCUT2D eigenvalue weighted by molar-refractivity contribution is 0.128. The molecule has 0 aromatic carbocycles. The Labute approximate surface area is 105 Å². The van der Waals surface area contributed by atoms with E-state index in [2.05, 4.69) is 42.1 Å². The monoisotopic (exact) mass is 242 g/mol. The summed E-state index contributed by atoms with van der Waals surface area (Å²) in [5, 5.41) is 4.58. The van der Waals surface area contributed by atoms with Crippen LogP contribution in [0.5, 0.6) is 0 Å². The SMILES string of the molecule is CSC1CCC(N2CCNC(C(C)C)C2)C1. The molecule has 1 aliphatic heterocycles. The van der Waals surface area contributed by atoms with E-state index in [0.29, 0.717) is 6.04 Å². The summed E-state index contributed by atoms with van der Waals surface area (Å²) in [6.07, 6.45) is 6.55. The number of nitrogens with one attached hydrogen (secondary N) is 1. The average Bonchev–Trinajstić information content (AvgIpc) is 2.77. The number of piperazine rings is 1. The van der Waals surface area contributed by atoms with Gasteiger partial charge in [-0.15, -0.1) is 0 Å². The highest BCUT2D eigenvalue weighted by Gasteiger charge is 2.32. The molecule has 0 spiro atoms. The second-order valence-corrected chi connectivity index (χ2v) is 6.76. The molecular formula is C13H26N2S. The largest absolute Gasteiger partial charge is 0.311 e. The molecule has 2 aliphatic rings. The molecule has 94 valence electrons. The van der Waals surface area contributed by atoms with Crippen LogP contribution in [0.1, 0.15) is 33.1 Å². The molecule has 1 aliphatic carbocycles. The highest BCUT2D eigenvalue weighted by atomic mass is 32.2. The highest BCUT2D eigenvalue weighted by Crippen LogP contribution is 2.32. The van der Waals surface area contributed by atoms with Gasteiger partial charge in [-0.25, -0.2) is 0 Å². The first-order valence-corrected chi connectivity index (χ1v) is 7.99. The summed E-state index contributed by atoms with van der Waals surface area (Å²) in [5.41, 5.74) is 0. The molecular weight excluding hydrogens is 216 g/mol. The third-order valence-corrected chi connectivity index (χ3v) is 5.34. The van der Waals surface area contributed by atoms with Crippen molar-refractivity contribution in [3.8, 4) is 0 Å². The Kier molecular flexibility index (Phi) is 4.57. The van der Waals surface area contributed by atoms with Gasteiger partial charge < -0.3 is 5.32 Å². The van der Waals surface area contributed by atoms with Crippen molar-refractivity contribution < 1.29 is 0 Å². The van der Waals surface area contributed by atoms with Crippen molar-refractivity contribution in [3.63, 3.8) is 0 Å². The van der Waals surface area contributed by atoms with Crippen molar-refractivity contribution in [2.24, 2.45) is 5.92 Å². The molecule has 0 amide bonds. The van der Waals surface area contributed by atoms with Gasteiger partial charge in [0.2, 0.25) is 0 Å². The molecule has 0 aromatic rings. The maximum absolute atomic E-state index is 3.65. The predicted octanol–water partition coefficient (Wildman–Crippen LogP) is 2.20. The fraction of sp³-hybridized carbons (Fsp3) is 1.00. The van der Waals surface area contributed by atoms with Crippen molar-refractivity contribution in [1.29, 1.82) is 0 Å². The molecule has 3 heteroatoms. The van der Waals surface area contributed by atoms with Crippen molar-refractivity contribution >= 4 is 11.8 Å². The van der Waals surface area contributed by atoms with Gasteiger partial charge in [0.05, 0.1) is 0 Å². The zero-order valence-corrected chi connectivity index (χ0v) is 11.7. The van der Waals surface area contributed by atoms with E-state index in [1.807, 2.05) is 0 Å². The van der Waals surface area contributed by atoms with Gasteiger partial charge in [-0.2, -0.15) is 11.8 Å². The van der Waals surface area contributed by atoms with Crippen LogP contribution < -0.4 is 5.32 Å². The summed E-state index contributed by atoms with van der Waals surface area (Å²) >= 11 is 2.06. The highest BCUT2D eigenvalue weighted by molar-refractivity contribution is 7.99. The summed E-state index contributed by atoms with van der Waals surface area (Å²) in [6.45, 7) is 8.38. The molecule has 2 rings (SSSR count). The molecule has 16 heavy (non-hydrogen) atoms. The molecule has 3 atom stereocenters. The zero-order valence-electron chi connectivity index (χ0n) is 10.9. The third-order valence-electron chi connectivity index (χ3n) is 4.25. The Morgan fingerprint density at radius 1 is 1.31 bits per heavy atom. The van der Waals surface area contributed by atoms with Crippen LogP contribution in [0.3, 0.4) is 0 Å². The Bertz CT molecular complexity index is 220. The smallest absolute Gasteiger partial charge is 0.0218 e. The van der Waals surface area contributed by atoms with Crippen LogP contribution in [0, 0.1) is 5.92 Å². The minimum absolute atomic E-state index is 0.710. The first-order valence-electron chi connectivity index (χ1n) is 6.71. The van der Waals surface area contributed by atoms with Gasteiger partial charge in [-0.3, -0.25) is 4.90 Å². The minimum Gasteiger partial charge on any atom is -0.311 e. The van der Waals surface area contributed by atoms with E-state index in [4.69, 9.17) is 0 Å². The quantitative estimate of drug-likeness (QED) is 0.817. The third kappa shape index (κ3) is 2.93. The fourth-order valence-corrected chi connectivity index (χ4v) is 3.83. The first kappa shape index (κ1) is 12.7. The van der Waals surface area contributed by atoms with Crippen LogP contribution in [0.4, 0.5) is 0 Å². The van der Waals surface area contributed by atoms with E-state index in [9.17, 15) is 0 Å². The van der Waals surface area contributed by atoms with Gasteiger partial charge in [-0.05, 0) is 31.4 Å². The molecule has 1 N–H and O–H groups in total. The van der Waals surface area contributed by atoms with Gasteiger partial charge >= 0.3 is 0 Å². The van der Waals surface area contributed by atoms with Gasteiger partial charge in [0, 0.05) is 37.0 Å². The predicted molar refractivity (Wildman–Crippen MR) is 73.1 cm³/mol. The van der Waals surface area contributed by atoms with Crippen LogP contribution in [-0.2, 0) is 0 Å². The van der Waals surface area contributed by atoms with Crippen LogP contribution in [0.15, 0.2) is 0 Å². The lowest BCUT2D eigenvalue weighted by Crippen LogP contribution is -2.55. The summed E-state index contributed by atoms with van der Waals surface area (Å²) in [7, 11) is 0. The maximum Gasteiger partial charge on any atom is 0.0218 e. The summed E-state index contributed by atoms with van der Waals surface area (Å²) in [4.78, 5) is 2.75. The second kappa shape index (κ2) is 5.74. The van der Waals surface area contributed by atoms with E-state index in [0.717, 1.165) is 17.2 Å². The number of hydrogen-bond acceptors (Lipinski definition) is 3. The summed E-state index contributed by atoms with van der Waals surface area (Å²) < 4.78 is 0. The number of thioether (sulfide) groups is 1. The molecule has 1 heterocycles. The average molecular weight is 242 g/mol. The lowest BCUT2D eigenvalue weighted by Gasteiger charge is -2.39. The van der Waals surface area contributed by atoms with Crippen molar-refractivity contribution in [2.75, 3.05) is 25.9 Å². The summed E-state index contributed by atoms with van der Waals surface area (Å²) in [6, 6.07) is 1.59. The van der Waals surface area contributed by atoms with Gasteiger partial charge in [0.25, 0.3) is 0 Å².